The zero-order valence-electron chi connectivity index (χ0n) is 14.0. The van der Waals surface area contributed by atoms with Crippen molar-refractivity contribution in [3.8, 4) is 5.75 Å². The SMILES string of the molecule is Cl.O=C(O)C12CC3=C4Oc5c(N6CCNCC6)c(F)cc(c5N4C1S3)C2=O. The molecule has 2 atom stereocenters. The maximum Gasteiger partial charge on any atom is 0.321 e. The summed E-state index contributed by atoms with van der Waals surface area (Å²) in [6.07, 6.45) is 0.116. The van der Waals surface area contributed by atoms with E-state index in [2.05, 4.69) is 5.32 Å². The van der Waals surface area contributed by atoms with E-state index in [1.165, 1.54) is 17.8 Å². The molecular formula is C17H15ClFN3O4S. The average molecular weight is 412 g/mol. The van der Waals surface area contributed by atoms with E-state index >= 15 is 4.39 Å². The van der Waals surface area contributed by atoms with Crippen LogP contribution in [0.15, 0.2) is 16.9 Å². The van der Waals surface area contributed by atoms with Crippen molar-refractivity contribution in [2.75, 3.05) is 36.0 Å². The molecule has 1 aromatic carbocycles. The zero-order valence-corrected chi connectivity index (χ0v) is 15.6. The third-order valence-electron chi connectivity index (χ3n) is 5.89. The fourth-order valence-corrected chi connectivity index (χ4v) is 6.31. The van der Waals surface area contributed by atoms with Crippen LogP contribution in [0.2, 0.25) is 0 Å². The fraction of sp³-hybridized carbons (Fsp3) is 0.412. The van der Waals surface area contributed by atoms with Crippen LogP contribution in [-0.2, 0) is 4.79 Å². The van der Waals surface area contributed by atoms with Crippen molar-refractivity contribution >= 4 is 47.3 Å². The van der Waals surface area contributed by atoms with Gasteiger partial charge in [-0.25, -0.2) is 4.39 Å². The molecule has 2 bridgehead atoms. The summed E-state index contributed by atoms with van der Waals surface area (Å²) < 4.78 is 21.1. The molecule has 27 heavy (non-hydrogen) atoms. The summed E-state index contributed by atoms with van der Waals surface area (Å²) in [4.78, 5) is 29.7. The number of ether oxygens (including phenoxy) is 1. The maximum absolute atomic E-state index is 15.0. The number of carboxylic acid groups (broad SMARTS) is 1. The summed E-state index contributed by atoms with van der Waals surface area (Å²) in [6, 6.07) is 1.20. The number of nitrogens with zero attached hydrogens (tertiary/aromatic N) is 2. The molecule has 2 fully saturated rings. The third-order valence-corrected chi connectivity index (χ3v) is 7.33. The van der Waals surface area contributed by atoms with Gasteiger partial charge in [-0.3, -0.25) is 14.5 Å². The quantitative estimate of drug-likeness (QED) is 0.713. The van der Waals surface area contributed by atoms with E-state index in [1.54, 1.807) is 4.90 Å². The molecule has 10 heteroatoms. The number of anilines is 2. The average Bonchev–Trinajstić information content (AvgIpc) is 3.30. The first-order chi connectivity index (χ1) is 12.5. The number of hydrogen-bond acceptors (Lipinski definition) is 7. The topological polar surface area (TPSA) is 82.1 Å². The molecule has 0 radical (unpaired) electrons. The van der Waals surface area contributed by atoms with E-state index in [1.807, 2.05) is 4.90 Å². The Hall–Kier alpha value is -1.97. The van der Waals surface area contributed by atoms with Crippen molar-refractivity contribution in [1.82, 2.24) is 5.32 Å². The van der Waals surface area contributed by atoms with Crippen LogP contribution < -0.4 is 19.9 Å². The van der Waals surface area contributed by atoms with E-state index in [0.717, 1.165) is 18.0 Å². The molecule has 1 aromatic rings. The van der Waals surface area contributed by atoms with Crippen molar-refractivity contribution in [3.63, 3.8) is 0 Å². The van der Waals surface area contributed by atoms with Gasteiger partial charge >= 0.3 is 5.97 Å². The monoisotopic (exact) mass is 411 g/mol. The number of allylic oxidation sites excluding steroid dienone is 1. The lowest BCUT2D eigenvalue weighted by Gasteiger charge is -2.40. The van der Waals surface area contributed by atoms with Gasteiger partial charge in [-0.1, -0.05) is 11.8 Å². The molecular weight excluding hydrogens is 397 g/mol. The second-order valence-electron chi connectivity index (χ2n) is 7.12. The van der Waals surface area contributed by atoms with Crippen LogP contribution in [0, 0.1) is 11.2 Å². The predicted molar refractivity (Wildman–Crippen MR) is 99.3 cm³/mol. The summed E-state index contributed by atoms with van der Waals surface area (Å²) in [5.41, 5.74) is -0.534. The van der Waals surface area contributed by atoms with Crippen LogP contribution in [-0.4, -0.2) is 48.4 Å². The molecule has 5 aliphatic heterocycles. The molecule has 6 rings (SSSR count). The van der Waals surface area contributed by atoms with Crippen LogP contribution in [0.5, 0.6) is 5.75 Å². The Labute approximate surface area is 163 Å². The second-order valence-corrected chi connectivity index (χ2v) is 8.30. The molecule has 7 nitrogen and oxygen atoms in total. The zero-order chi connectivity index (χ0) is 17.8. The van der Waals surface area contributed by atoms with Crippen molar-refractivity contribution in [2.45, 2.75) is 11.8 Å². The second kappa shape index (κ2) is 5.30. The lowest BCUT2D eigenvalue weighted by Crippen LogP contribution is -2.56. The van der Waals surface area contributed by atoms with Crippen LogP contribution in [0.4, 0.5) is 15.8 Å². The smallest absolute Gasteiger partial charge is 0.321 e. The third kappa shape index (κ3) is 1.78. The number of piperazine rings is 1. The molecule has 0 saturated carbocycles. The Kier molecular flexibility index (Phi) is 3.37. The van der Waals surface area contributed by atoms with Crippen molar-refractivity contribution in [1.29, 1.82) is 0 Å². The number of nitrogens with one attached hydrogen (secondary N) is 1. The minimum atomic E-state index is -1.55. The Morgan fingerprint density at radius 2 is 2.11 bits per heavy atom. The number of Topliss-reactive ketones (excluding diaryl/α,β-unsaturated/α-hetero) is 1. The van der Waals surface area contributed by atoms with Crippen LogP contribution in [0.1, 0.15) is 16.8 Å². The Balaban J connectivity index is 0.00000160. The highest BCUT2D eigenvalue weighted by Crippen LogP contribution is 2.69. The number of carbonyl (C=O) groups excluding carboxylic acids is 1. The minimum absolute atomic E-state index is 0. The number of halogens is 2. The molecule has 5 aliphatic rings. The summed E-state index contributed by atoms with van der Waals surface area (Å²) in [6.45, 7) is 2.77. The van der Waals surface area contributed by atoms with Crippen molar-refractivity contribution < 1.29 is 23.8 Å². The predicted octanol–water partition coefficient (Wildman–Crippen LogP) is 1.77. The van der Waals surface area contributed by atoms with E-state index in [0.29, 0.717) is 36.1 Å². The minimum Gasteiger partial charge on any atom is -0.480 e. The molecule has 2 unspecified atom stereocenters. The van der Waals surface area contributed by atoms with Gasteiger partial charge in [-0.2, -0.15) is 0 Å². The highest BCUT2D eigenvalue weighted by Gasteiger charge is 2.70. The molecule has 0 aliphatic carbocycles. The van der Waals surface area contributed by atoms with Gasteiger partial charge in [0, 0.05) is 43.1 Å². The molecule has 5 heterocycles. The van der Waals surface area contributed by atoms with Crippen molar-refractivity contribution in [2.24, 2.45) is 5.41 Å². The molecule has 142 valence electrons. The maximum atomic E-state index is 15.0. The summed E-state index contributed by atoms with van der Waals surface area (Å²) in [7, 11) is 0. The van der Waals surface area contributed by atoms with Gasteiger partial charge in [0.15, 0.2) is 22.8 Å². The number of benzene rings is 1. The lowest BCUT2D eigenvalue weighted by atomic mass is 9.72. The highest BCUT2D eigenvalue weighted by atomic mass is 35.5. The van der Waals surface area contributed by atoms with Crippen LogP contribution >= 0.6 is 24.2 Å². The Morgan fingerprint density at radius 3 is 2.81 bits per heavy atom. The van der Waals surface area contributed by atoms with Gasteiger partial charge in [0.1, 0.15) is 16.7 Å². The van der Waals surface area contributed by atoms with Gasteiger partial charge in [0.25, 0.3) is 0 Å². The fourth-order valence-electron chi connectivity index (χ4n) is 4.69. The molecule has 2 saturated heterocycles. The molecule has 0 amide bonds. The number of thioether (sulfide) groups is 1. The summed E-state index contributed by atoms with van der Waals surface area (Å²) in [5, 5.41) is 12.5. The van der Waals surface area contributed by atoms with E-state index in [9.17, 15) is 14.7 Å². The van der Waals surface area contributed by atoms with Gasteiger partial charge in [-0.05, 0) is 6.07 Å². The first kappa shape index (κ1) is 17.2. The number of fused-ring (bicyclic) bond motifs is 1. The normalized spacial score (nSPS) is 29.2. The van der Waals surface area contributed by atoms with Gasteiger partial charge in [-0.15, -0.1) is 12.4 Å². The largest absolute Gasteiger partial charge is 0.480 e. The van der Waals surface area contributed by atoms with E-state index in [4.69, 9.17) is 4.74 Å². The Bertz CT molecular complexity index is 964. The van der Waals surface area contributed by atoms with Crippen LogP contribution in [0.3, 0.4) is 0 Å². The van der Waals surface area contributed by atoms with Gasteiger partial charge < -0.3 is 20.1 Å². The number of ketones is 1. The van der Waals surface area contributed by atoms with Gasteiger partial charge in [0.05, 0.1) is 0 Å². The molecule has 2 N–H and O–H groups in total. The highest BCUT2D eigenvalue weighted by molar-refractivity contribution is 8.04. The first-order valence-corrected chi connectivity index (χ1v) is 9.39. The number of hydrogen-bond donors (Lipinski definition) is 2. The first-order valence-electron chi connectivity index (χ1n) is 8.51. The molecule has 0 spiro atoms. The lowest BCUT2D eigenvalue weighted by molar-refractivity contribution is -0.145. The van der Waals surface area contributed by atoms with Crippen molar-refractivity contribution in [3.05, 3.63) is 28.2 Å². The number of aliphatic carboxylic acids is 1. The van der Waals surface area contributed by atoms with E-state index < -0.39 is 28.4 Å². The van der Waals surface area contributed by atoms with Gasteiger partial charge in [0.2, 0.25) is 5.88 Å². The van der Waals surface area contributed by atoms with Crippen LogP contribution in [0.25, 0.3) is 0 Å². The number of carbonyl (C=O) groups is 2. The summed E-state index contributed by atoms with van der Waals surface area (Å²) in [5.74, 6) is -1.28. The van der Waals surface area contributed by atoms with E-state index in [-0.39, 0.29) is 24.4 Å². The number of carboxylic acids is 1. The summed E-state index contributed by atoms with van der Waals surface area (Å²) >= 11 is 1.38. The standard InChI is InChI=1S/C17H14FN3O4S.ClH/c18-8-5-7-10-12(11(8)20-3-1-19-2-4-20)25-14-9-6-17(13(7)22,16(23)24)15(26-9)21(10)14;/h5,15,19H,1-4,6H2,(H,23,24);1H. The number of rotatable bonds is 2. The molecule has 0 aromatic heterocycles. The Morgan fingerprint density at radius 1 is 1.37 bits per heavy atom.